The highest BCUT2D eigenvalue weighted by atomic mass is 79.9. The maximum Gasteiger partial charge on any atom is 0.120 e. The highest BCUT2D eigenvalue weighted by molar-refractivity contribution is 9.10. The van der Waals surface area contributed by atoms with Gasteiger partial charge in [0.25, 0.3) is 0 Å². The Morgan fingerprint density at radius 2 is 1.74 bits per heavy atom. The molecule has 0 saturated heterocycles. The quantitative estimate of drug-likeness (QED) is 0.536. The average molecular weight is 387 g/mol. The van der Waals surface area contributed by atoms with Gasteiger partial charge in [-0.1, -0.05) is 65.3 Å². The SMILES string of the molecule is CCCSC(c1ccc(Br)cc1)c1c(O)ccc2ccccc12. The summed E-state index contributed by atoms with van der Waals surface area (Å²) in [6.45, 7) is 2.19. The largest absolute Gasteiger partial charge is 0.508 e. The van der Waals surface area contributed by atoms with Gasteiger partial charge in [0.1, 0.15) is 5.75 Å². The molecule has 1 nitrogen and oxygen atoms in total. The van der Waals surface area contributed by atoms with Crippen molar-refractivity contribution in [2.75, 3.05) is 5.75 Å². The van der Waals surface area contributed by atoms with Crippen molar-refractivity contribution in [1.82, 2.24) is 0 Å². The van der Waals surface area contributed by atoms with Crippen LogP contribution in [0.25, 0.3) is 10.8 Å². The Bertz CT molecular complexity index is 798. The Morgan fingerprint density at radius 3 is 2.48 bits per heavy atom. The first-order valence-electron chi connectivity index (χ1n) is 7.78. The van der Waals surface area contributed by atoms with Crippen molar-refractivity contribution in [3.05, 3.63) is 76.3 Å². The Morgan fingerprint density at radius 1 is 1.00 bits per heavy atom. The Kier molecular flexibility index (Phi) is 5.29. The summed E-state index contributed by atoms with van der Waals surface area (Å²) in [5.74, 6) is 1.43. The first kappa shape index (κ1) is 16.4. The van der Waals surface area contributed by atoms with E-state index in [1.54, 1.807) is 0 Å². The molecule has 0 saturated carbocycles. The van der Waals surface area contributed by atoms with Gasteiger partial charge in [-0.3, -0.25) is 0 Å². The van der Waals surface area contributed by atoms with Crippen LogP contribution < -0.4 is 0 Å². The molecule has 0 aliphatic carbocycles. The van der Waals surface area contributed by atoms with E-state index in [1.807, 2.05) is 36.0 Å². The van der Waals surface area contributed by atoms with Crippen LogP contribution in [-0.2, 0) is 0 Å². The van der Waals surface area contributed by atoms with Gasteiger partial charge in [-0.25, -0.2) is 0 Å². The topological polar surface area (TPSA) is 20.2 Å². The summed E-state index contributed by atoms with van der Waals surface area (Å²) < 4.78 is 1.07. The van der Waals surface area contributed by atoms with E-state index in [2.05, 4.69) is 59.3 Å². The zero-order valence-corrected chi connectivity index (χ0v) is 15.4. The van der Waals surface area contributed by atoms with Gasteiger partial charge in [0.05, 0.1) is 5.25 Å². The Hall–Kier alpha value is -1.45. The van der Waals surface area contributed by atoms with Crippen molar-refractivity contribution >= 4 is 38.5 Å². The molecular weight excluding hydrogens is 368 g/mol. The van der Waals surface area contributed by atoms with Crippen molar-refractivity contribution < 1.29 is 5.11 Å². The highest BCUT2D eigenvalue weighted by Crippen LogP contribution is 2.44. The molecule has 0 radical (unpaired) electrons. The van der Waals surface area contributed by atoms with E-state index in [-0.39, 0.29) is 5.25 Å². The summed E-state index contributed by atoms with van der Waals surface area (Å²) in [5.41, 5.74) is 2.24. The third-order valence-corrected chi connectivity index (χ3v) is 5.89. The number of rotatable bonds is 5. The van der Waals surface area contributed by atoms with Crippen molar-refractivity contribution in [3.8, 4) is 5.75 Å². The zero-order chi connectivity index (χ0) is 16.2. The lowest BCUT2D eigenvalue weighted by atomic mass is 9.97. The van der Waals surface area contributed by atoms with Gasteiger partial charge in [-0.2, -0.15) is 0 Å². The van der Waals surface area contributed by atoms with Gasteiger partial charge in [0, 0.05) is 10.0 Å². The number of phenols is 1. The second kappa shape index (κ2) is 7.41. The smallest absolute Gasteiger partial charge is 0.120 e. The van der Waals surface area contributed by atoms with Crippen molar-refractivity contribution in [3.63, 3.8) is 0 Å². The molecule has 0 bridgehead atoms. The van der Waals surface area contributed by atoms with E-state index in [4.69, 9.17) is 0 Å². The summed E-state index contributed by atoms with van der Waals surface area (Å²) in [5, 5.41) is 13.0. The summed E-state index contributed by atoms with van der Waals surface area (Å²) in [6, 6.07) is 20.5. The van der Waals surface area contributed by atoms with E-state index < -0.39 is 0 Å². The van der Waals surface area contributed by atoms with Crippen LogP contribution in [0.5, 0.6) is 5.75 Å². The van der Waals surface area contributed by atoms with E-state index >= 15 is 0 Å². The minimum Gasteiger partial charge on any atom is -0.508 e. The van der Waals surface area contributed by atoms with E-state index in [0.717, 1.165) is 27.6 Å². The number of benzene rings is 3. The lowest BCUT2D eigenvalue weighted by molar-refractivity contribution is 0.470. The lowest BCUT2D eigenvalue weighted by Gasteiger charge is -2.21. The number of hydrogen-bond donors (Lipinski definition) is 1. The Labute approximate surface area is 149 Å². The first-order valence-corrected chi connectivity index (χ1v) is 9.62. The van der Waals surface area contributed by atoms with Crippen molar-refractivity contribution in [2.45, 2.75) is 18.6 Å². The van der Waals surface area contributed by atoms with Crippen LogP contribution in [0, 0.1) is 0 Å². The van der Waals surface area contributed by atoms with Gasteiger partial charge in [-0.05, 0) is 46.7 Å². The molecule has 3 aromatic carbocycles. The van der Waals surface area contributed by atoms with Gasteiger partial charge in [0.15, 0.2) is 0 Å². The number of halogens is 1. The summed E-state index contributed by atoms with van der Waals surface area (Å²) in [7, 11) is 0. The van der Waals surface area contributed by atoms with E-state index in [1.165, 1.54) is 10.9 Å². The van der Waals surface area contributed by atoms with Crippen molar-refractivity contribution in [1.29, 1.82) is 0 Å². The molecule has 3 rings (SSSR count). The molecule has 1 N–H and O–H groups in total. The number of aromatic hydroxyl groups is 1. The predicted molar refractivity (Wildman–Crippen MR) is 104 cm³/mol. The molecule has 0 aliphatic heterocycles. The fourth-order valence-corrected chi connectivity index (χ4v) is 4.28. The van der Waals surface area contributed by atoms with Crippen LogP contribution in [-0.4, -0.2) is 10.9 Å². The summed E-state index contributed by atoms with van der Waals surface area (Å²) in [4.78, 5) is 0. The monoisotopic (exact) mass is 386 g/mol. The van der Waals surface area contributed by atoms with Gasteiger partial charge in [-0.15, -0.1) is 11.8 Å². The molecule has 3 aromatic rings. The minimum absolute atomic E-state index is 0.133. The van der Waals surface area contributed by atoms with Gasteiger partial charge in [0.2, 0.25) is 0 Å². The maximum atomic E-state index is 10.6. The van der Waals surface area contributed by atoms with Crippen LogP contribution >= 0.6 is 27.7 Å². The van der Waals surface area contributed by atoms with Gasteiger partial charge >= 0.3 is 0 Å². The van der Waals surface area contributed by atoms with Crippen LogP contribution in [0.15, 0.2) is 65.1 Å². The standard InChI is InChI=1S/C20H19BrOS/c1-2-13-23-20(15-7-10-16(21)11-8-15)19-17-6-4-3-5-14(17)9-12-18(19)22/h3-12,20,22H,2,13H2,1H3. The molecule has 0 spiro atoms. The van der Waals surface area contributed by atoms with E-state index in [0.29, 0.717) is 5.75 Å². The third kappa shape index (κ3) is 3.56. The van der Waals surface area contributed by atoms with Crippen LogP contribution in [0.1, 0.15) is 29.7 Å². The number of phenolic OH excluding ortho intramolecular Hbond substituents is 1. The molecule has 1 unspecified atom stereocenters. The molecule has 0 heterocycles. The van der Waals surface area contributed by atoms with Crippen LogP contribution in [0.4, 0.5) is 0 Å². The molecule has 0 amide bonds. The summed E-state index contributed by atoms with van der Waals surface area (Å²) in [6.07, 6.45) is 1.11. The van der Waals surface area contributed by atoms with Gasteiger partial charge < -0.3 is 5.11 Å². The number of hydrogen-bond acceptors (Lipinski definition) is 2. The molecular formula is C20H19BrOS. The molecule has 1 atom stereocenters. The number of fused-ring (bicyclic) bond motifs is 1. The van der Waals surface area contributed by atoms with E-state index in [9.17, 15) is 5.11 Å². The third-order valence-electron chi connectivity index (χ3n) is 3.87. The predicted octanol–water partition coefficient (Wildman–Crippen LogP) is 6.54. The fourth-order valence-electron chi connectivity index (χ4n) is 2.78. The minimum atomic E-state index is 0.133. The second-order valence-electron chi connectivity index (χ2n) is 5.52. The molecule has 0 fully saturated rings. The Balaban J connectivity index is 2.16. The van der Waals surface area contributed by atoms with Crippen LogP contribution in [0.2, 0.25) is 0 Å². The first-order chi connectivity index (χ1) is 11.2. The molecule has 0 aromatic heterocycles. The maximum absolute atomic E-state index is 10.6. The fraction of sp³-hybridized carbons (Fsp3) is 0.200. The molecule has 0 aliphatic rings. The normalized spacial score (nSPS) is 12.4. The van der Waals surface area contributed by atoms with Crippen LogP contribution in [0.3, 0.4) is 0 Å². The second-order valence-corrected chi connectivity index (χ2v) is 7.65. The lowest BCUT2D eigenvalue weighted by Crippen LogP contribution is -2.00. The van der Waals surface area contributed by atoms with Crippen molar-refractivity contribution in [2.24, 2.45) is 0 Å². The average Bonchev–Trinajstić information content (AvgIpc) is 2.58. The molecule has 118 valence electrons. The zero-order valence-electron chi connectivity index (χ0n) is 13.0. The summed E-state index contributed by atoms with van der Waals surface area (Å²) >= 11 is 5.39. The molecule has 3 heteroatoms. The molecule has 23 heavy (non-hydrogen) atoms. The number of thioether (sulfide) groups is 1. The highest BCUT2D eigenvalue weighted by Gasteiger charge is 2.20.